The summed E-state index contributed by atoms with van der Waals surface area (Å²) >= 11 is 0. The summed E-state index contributed by atoms with van der Waals surface area (Å²) in [5.41, 5.74) is 0. The van der Waals surface area contributed by atoms with Crippen LogP contribution in [0.3, 0.4) is 0 Å². The summed E-state index contributed by atoms with van der Waals surface area (Å²) < 4.78 is 10.6. The molecule has 0 aromatic carbocycles. The van der Waals surface area contributed by atoms with E-state index in [1.807, 2.05) is 11.8 Å². The highest BCUT2D eigenvalue weighted by molar-refractivity contribution is 5.79. The van der Waals surface area contributed by atoms with E-state index in [4.69, 9.17) is 9.26 Å². The summed E-state index contributed by atoms with van der Waals surface area (Å²) in [4.78, 5) is 21.1. The zero-order valence-electron chi connectivity index (χ0n) is 13.3. The molecule has 122 valence electrons. The molecule has 1 unspecified atom stereocenters. The van der Waals surface area contributed by atoms with Crippen molar-refractivity contribution in [2.45, 2.75) is 32.7 Å². The maximum absolute atomic E-state index is 12.5. The standard InChI is InChI=1S/C15H24N4O3/c1-11(14-16-12(2)17-22-14)18-5-3-13(4-6-18)15(20)19-7-9-21-10-8-19/h11,13H,3-10H2,1-2H3. The molecule has 0 bridgehead atoms. The van der Waals surface area contributed by atoms with Crippen LogP contribution in [0.2, 0.25) is 0 Å². The van der Waals surface area contributed by atoms with Crippen molar-refractivity contribution >= 4 is 5.91 Å². The Hall–Kier alpha value is -1.47. The number of nitrogens with zero attached hydrogens (tertiary/aromatic N) is 4. The number of aromatic nitrogens is 2. The Balaban J connectivity index is 1.52. The second-order valence-corrected chi connectivity index (χ2v) is 6.10. The van der Waals surface area contributed by atoms with Gasteiger partial charge in [-0.3, -0.25) is 9.69 Å². The summed E-state index contributed by atoms with van der Waals surface area (Å²) in [6.45, 7) is 8.49. The highest BCUT2D eigenvalue weighted by Crippen LogP contribution is 2.27. The number of carbonyl (C=O) groups is 1. The van der Waals surface area contributed by atoms with E-state index in [0.717, 1.165) is 39.0 Å². The topological polar surface area (TPSA) is 71.7 Å². The van der Waals surface area contributed by atoms with E-state index < -0.39 is 0 Å². The van der Waals surface area contributed by atoms with Gasteiger partial charge in [-0.1, -0.05) is 5.16 Å². The molecule has 3 heterocycles. The number of likely N-dealkylation sites (tertiary alicyclic amines) is 1. The van der Waals surface area contributed by atoms with Gasteiger partial charge in [0, 0.05) is 19.0 Å². The predicted molar refractivity (Wildman–Crippen MR) is 79.1 cm³/mol. The Morgan fingerprint density at radius 1 is 1.23 bits per heavy atom. The molecule has 0 saturated carbocycles. The lowest BCUT2D eigenvalue weighted by Crippen LogP contribution is -2.47. The van der Waals surface area contributed by atoms with Crippen LogP contribution in [-0.4, -0.2) is 65.2 Å². The first-order valence-electron chi connectivity index (χ1n) is 8.06. The van der Waals surface area contributed by atoms with Crippen LogP contribution in [0, 0.1) is 12.8 Å². The highest BCUT2D eigenvalue weighted by Gasteiger charge is 2.32. The van der Waals surface area contributed by atoms with Gasteiger partial charge in [0.15, 0.2) is 5.82 Å². The molecule has 3 rings (SSSR count). The van der Waals surface area contributed by atoms with Crippen molar-refractivity contribution < 1.29 is 14.1 Å². The predicted octanol–water partition coefficient (Wildman–Crippen LogP) is 1.01. The average Bonchev–Trinajstić information content (AvgIpc) is 3.01. The first-order valence-corrected chi connectivity index (χ1v) is 8.06. The molecule has 0 radical (unpaired) electrons. The number of rotatable bonds is 3. The summed E-state index contributed by atoms with van der Waals surface area (Å²) in [5, 5.41) is 3.85. The lowest BCUT2D eigenvalue weighted by Gasteiger charge is -2.37. The molecule has 2 aliphatic heterocycles. The molecule has 2 fully saturated rings. The fraction of sp³-hybridized carbons (Fsp3) is 0.800. The van der Waals surface area contributed by atoms with Crippen LogP contribution in [0.5, 0.6) is 0 Å². The fourth-order valence-electron chi connectivity index (χ4n) is 3.21. The maximum atomic E-state index is 12.5. The van der Waals surface area contributed by atoms with Crippen LogP contribution in [0.25, 0.3) is 0 Å². The Kier molecular flexibility index (Phi) is 4.73. The number of morpholine rings is 1. The van der Waals surface area contributed by atoms with Crippen molar-refractivity contribution in [1.29, 1.82) is 0 Å². The maximum Gasteiger partial charge on any atom is 0.243 e. The molecule has 0 N–H and O–H groups in total. The summed E-state index contributed by atoms with van der Waals surface area (Å²) in [6.07, 6.45) is 1.79. The quantitative estimate of drug-likeness (QED) is 0.830. The molecule has 2 saturated heterocycles. The fourth-order valence-corrected chi connectivity index (χ4v) is 3.21. The Labute approximate surface area is 130 Å². The van der Waals surface area contributed by atoms with Gasteiger partial charge in [0.1, 0.15) is 0 Å². The smallest absolute Gasteiger partial charge is 0.243 e. The second kappa shape index (κ2) is 6.75. The van der Waals surface area contributed by atoms with Gasteiger partial charge in [0.2, 0.25) is 11.8 Å². The minimum Gasteiger partial charge on any atom is -0.378 e. The number of hydrogen-bond acceptors (Lipinski definition) is 6. The molecule has 0 aliphatic carbocycles. The number of hydrogen-bond donors (Lipinski definition) is 0. The van der Waals surface area contributed by atoms with Gasteiger partial charge in [-0.25, -0.2) is 0 Å². The van der Waals surface area contributed by atoms with E-state index in [2.05, 4.69) is 22.0 Å². The number of carbonyl (C=O) groups excluding carboxylic acids is 1. The van der Waals surface area contributed by atoms with E-state index in [1.165, 1.54) is 0 Å². The average molecular weight is 308 g/mol. The second-order valence-electron chi connectivity index (χ2n) is 6.10. The van der Waals surface area contributed by atoms with E-state index in [0.29, 0.717) is 30.8 Å². The molecule has 1 aromatic heterocycles. The summed E-state index contributed by atoms with van der Waals surface area (Å²) in [5.74, 6) is 1.77. The Morgan fingerprint density at radius 2 is 1.91 bits per heavy atom. The number of piperidine rings is 1. The third-order valence-electron chi connectivity index (χ3n) is 4.65. The summed E-state index contributed by atoms with van der Waals surface area (Å²) in [7, 11) is 0. The molecule has 1 atom stereocenters. The minimum atomic E-state index is 0.112. The van der Waals surface area contributed by atoms with E-state index >= 15 is 0 Å². The van der Waals surface area contributed by atoms with Gasteiger partial charge in [-0.2, -0.15) is 4.98 Å². The lowest BCUT2D eigenvalue weighted by atomic mass is 9.94. The molecule has 2 aliphatic rings. The molecule has 22 heavy (non-hydrogen) atoms. The largest absolute Gasteiger partial charge is 0.378 e. The normalized spacial score (nSPS) is 22.7. The third kappa shape index (κ3) is 3.30. The van der Waals surface area contributed by atoms with Crippen molar-refractivity contribution in [2.24, 2.45) is 5.92 Å². The summed E-state index contributed by atoms with van der Waals surface area (Å²) in [6, 6.07) is 0.112. The van der Waals surface area contributed by atoms with E-state index in [9.17, 15) is 4.79 Å². The van der Waals surface area contributed by atoms with Gasteiger partial charge in [0.25, 0.3) is 0 Å². The number of amides is 1. The van der Waals surface area contributed by atoms with Gasteiger partial charge >= 0.3 is 0 Å². The van der Waals surface area contributed by atoms with Crippen molar-refractivity contribution in [3.8, 4) is 0 Å². The van der Waals surface area contributed by atoms with Gasteiger partial charge in [0.05, 0.1) is 19.3 Å². The van der Waals surface area contributed by atoms with Crippen LogP contribution < -0.4 is 0 Å². The molecule has 1 aromatic rings. The number of ether oxygens (including phenoxy) is 1. The molecular formula is C15H24N4O3. The van der Waals surface area contributed by atoms with Crippen molar-refractivity contribution in [1.82, 2.24) is 19.9 Å². The lowest BCUT2D eigenvalue weighted by molar-refractivity contribution is -0.141. The van der Waals surface area contributed by atoms with Crippen molar-refractivity contribution in [2.75, 3.05) is 39.4 Å². The van der Waals surface area contributed by atoms with Crippen LogP contribution in [-0.2, 0) is 9.53 Å². The zero-order chi connectivity index (χ0) is 15.5. The first-order chi connectivity index (χ1) is 10.6. The van der Waals surface area contributed by atoms with E-state index in [-0.39, 0.29) is 12.0 Å². The molecule has 1 amide bonds. The van der Waals surface area contributed by atoms with Crippen molar-refractivity contribution in [3.63, 3.8) is 0 Å². The highest BCUT2D eigenvalue weighted by atomic mass is 16.5. The van der Waals surface area contributed by atoms with Crippen LogP contribution in [0.1, 0.15) is 37.5 Å². The minimum absolute atomic E-state index is 0.112. The Morgan fingerprint density at radius 3 is 2.50 bits per heavy atom. The monoisotopic (exact) mass is 308 g/mol. The van der Waals surface area contributed by atoms with Gasteiger partial charge < -0.3 is 14.2 Å². The van der Waals surface area contributed by atoms with Gasteiger partial charge in [-0.05, 0) is 39.8 Å². The SMILES string of the molecule is Cc1noc(C(C)N2CCC(C(=O)N3CCOCC3)CC2)n1. The number of aryl methyl sites for hydroxylation is 1. The van der Waals surface area contributed by atoms with E-state index in [1.54, 1.807) is 0 Å². The van der Waals surface area contributed by atoms with Gasteiger partial charge in [-0.15, -0.1) is 0 Å². The molecule has 7 heteroatoms. The van der Waals surface area contributed by atoms with Crippen LogP contribution in [0.4, 0.5) is 0 Å². The Bertz CT molecular complexity index is 505. The van der Waals surface area contributed by atoms with Crippen LogP contribution >= 0.6 is 0 Å². The molecular weight excluding hydrogens is 284 g/mol. The molecule has 0 spiro atoms. The zero-order valence-corrected chi connectivity index (χ0v) is 13.3. The molecule has 7 nitrogen and oxygen atoms in total. The van der Waals surface area contributed by atoms with Crippen LogP contribution in [0.15, 0.2) is 4.52 Å². The van der Waals surface area contributed by atoms with Crippen molar-refractivity contribution in [3.05, 3.63) is 11.7 Å². The third-order valence-corrected chi connectivity index (χ3v) is 4.65. The first kappa shape index (κ1) is 15.4.